The second-order valence-corrected chi connectivity index (χ2v) is 6.63. The predicted octanol–water partition coefficient (Wildman–Crippen LogP) is 3.66. The molecule has 0 saturated heterocycles. The summed E-state index contributed by atoms with van der Waals surface area (Å²) in [4.78, 5) is 12.5. The highest BCUT2D eigenvalue weighted by molar-refractivity contribution is 9.10. The molecule has 1 aliphatic rings. The van der Waals surface area contributed by atoms with Gasteiger partial charge in [0.05, 0.1) is 12.1 Å². The van der Waals surface area contributed by atoms with Crippen LogP contribution in [0, 0.1) is 0 Å². The molecule has 3 rings (SSSR count). The zero-order valence-electron chi connectivity index (χ0n) is 13.0. The number of hydrazone groups is 1. The molecular weight excluding hydrogens is 417 g/mol. The maximum Gasteiger partial charge on any atom is 0.438 e. The minimum atomic E-state index is -5.11. The van der Waals surface area contributed by atoms with E-state index in [9.17, 15) is 28.2 Å². The topological polar surface area (TPSA) is 73.1 Å². The van der Waals surface area contributed by atoms with Crippen molar-refractivity contribution >= 4 is 27.5 Å². The molecule has 0 aromatic heterocycles. The van der Waals surface area contributed by atoms with E-state index in [2.05, 4.69) is 21.0 Å². The van der Waals surface area contributed by atoms with E-state index in [1.165, 1.54) is 6.07 Å². The smallest absolute Gasteiger partial charge is 0.438 e. The van der Waals surface area contributed by atoms with E-state index in [0.717, 1.165) is 24.3 Å². The molecule has 0 fully saturated rings. The van der Waals surface area contributed by atoms with E-state index in [0.29, 0.717) is 10.0 Å². The minimum absolute atomic E-state index is 0.0512. The maximum atomic E-state index is 13.5. The van der Waals surface area contributed by atoms with Gasteiger partial charge in [0.15, 0.2) is 0 Å². The van der Waals surface area contributed by atoms with Gasteiger partial charge in [-0.25, -0.2) is 0 Å². The van der Waals surface area contributed by atoms with Gasteiger partial charge >= 0.3 is 6.18 Å². The van der Waals surface area contributed by atoms with Crippen LogP contribution in [0.5, 0.6) is 5.75 Å². The molecule has 1 atom stereocenters. The molecule has 2 aromatic carbocycles. The Hall–Kier alpha value is -2.39. The summed E-state index contributed by atoms with van der Waals surface area (Å²) in [6.45, 7) is 0. The Balaban J connectivity index is 2.05. The summed E-state index contributed by atoms with van der Waals surface area (Å²) >= 11 is 3.22. The van der Waals surface area contributed by atoms with Crippen molar-refractivity contribution in [3.05, 3.63) is 64.1 Å². The number of phenolic OH excluding ortho intramolecular Hbond substituents is 1. The van der Waals surface area contributed by atoms with Gasteiger partial charge in [0.2, 0.25) is 0 Å². The van der Waals surface area contributed by atoms with Crippen LogP contribution in [0.1, 0.15) is 22.3 Å². The second kappa shape index (κ2) is 6.40. The first-order valence-electron chi connectivity index (χ1n) is 7.38. The van der Waals surface area contributed by atoms with Crippen LogP contribution in [0.4, 0.5) is 13.2 Å². The number of rotatable bonds is 2. The van der Waals surface area contributed by atoms with Gasteiger partial charge in [-0.15, -0.1) is 0 Å². The third-order valence-electron chi connectivity index (χ3n) is 3.90. The van der Waals surface area contributed by atoms with E-state index < -0.39 is 24.2 Å². The number of halogens is 4. The Morgan fingerprint density at radius 1 is 1.19 bits per heavy atom. The van der Waals surface area contributed by atoms with E-state index in [-0.39, 0.29) is 22.0 Å². The molecule has 1 heterocycles. The lowest BCUT2D eigenvalue weighted by molar-refractivity contribution is -0.297. The molecule has 0 saturated carbocycles. The SMILES string of the molecule is O=C(c1ccc(O)cc1)N1N=C(c2cccc(Br)c2)C[C@@]1(O)C(F)(F)F. The Morgan fingerprint density at radius 3 is 2.42 bits per heavy atom. The molecule has 2 aromatic rings. The van der Waals surface area contributed by atoms with Gasteiger partial charge in [0, 0.05) is 10.0 Å². The lowest BCUT2D eigenvalue weighted by Crippen LogP contribution is -2.56. The Kier molecular flexibility index (Phi) is 4.53. The standard InChI is InChI=1S/C17H12BrF3N2O3/c18-12-3-1-2-11(8-12)14-9-16(26,17(19,20)21)23(22-14)15(25)10-4-6-13(24)7-5-10/h1-8,24,26H,9H2/t16-/m1/s1. The van der Waals surface area contributed by atoms with Crippen LogP contribution in [-0.4, -0.2) is 38.7 Å². The molecule has 1 aliphatic heterocycles. The summed E-state index contributed by atoms with van der Waals surface area (Å²) in [5, 5.41) is 23.4. The van der Waals surface area contributed by atoms with Crippen LogP contribution >= 0.6 is 15.9 Å². The van der Waals surface area contributed by atoms with E-state index in [1.54, 1.807) is 18.2 Å². The Morgan fingerprint density at radius 2 is 1.85 bits per heavy atom. The summed E-state index contributed by atoms with van der Waals surface area (Å²) in [6.07, 6.45) is -6.01. The molecule has 0 radical (unpaired) electrons. The number of carbonyl (C=O) groups excluding carboxylic acids is 1. The second-order valence-electron chi connectivity index (χ2n) is 5.71. The van der Waals surface area contributed by atoms with Gasteiger partial charge in [-0.05, 0) is 42.0 Å². The quantitative estimate of drug-likeness (QED) is 0.766. The highest BCUT2D eigenvalue weighted by Gasteiger charge is 2.63. The molecule has 0 spiro atoms. The van der Waals surface area contributed by atoms with Crippen LogP contribution < -0.4 is 0 Å². The number of hydrogen-bond acceptors (Lipinski definition) is 4. The highest BCUT2D eigenvalue weighted by atomic mass is 79.9. The molecule has 0 bridgehead atoms. The average molecular weight is 429 g/mol. The number of aliphatic hydroxyl groups is 1. The van der Waals surface area contributed by atoms with Crippen molar-refractivity contribution in [1.82, 2.24) is 5.01 Å². The molecule has 0 unspecified atom stereocenters. The molecule has 5 nitrogen and oxygen atoms in total. The maximum absolute atomic E-state index is 13.5. The van der Waals surface area contributed by atoms with Gasteiger partial charge in [-0.3, -0.25) is 4.79 Å². The zero-order valence-corrected chi connectivity index (χ0v) is 14.6. The first-order chi connectivity index (χ1) is 12.1. The van der Waals surface area contributed by atoms with Crippen LogP contribution in [0.3, 0.4) is 0 Å². The summed E-state index contributed by atoms with van der Waals surface area (Å²) in [5.74, 6) is -1.28. The number of carbonyl (C=O) groups is 1. The van der Waals surface area contributed by atoms with Crippen molar-refractivity contribution in [2.75, 3.05) is 0 Å². The molecule has 26 heavy (non-hydrogen) atoms. The molecule has 136 valence electrons. The summed E-state index contributed by atoms with van der Waals surface area (Å²) in [7, 11) is 0. The summed E-state index contributed by atoms with van der Waals surface area (Å²) in [6, 6.07) is 11.0. The van der Waals surface area contributed by atoms with Crippen molar-refractivity contribution in [2.45, 2.75) is 18.3 Å². The normalized spacial score (nSPS) is 20.2. The van der Waals surface area contributed by atoms with Gasteiger partial charge in [-0.1, -0.05) is 28.1 Å². The number of aromatic hydroxyl groups is 1. The minimum Gasteiger partial charge on any atom is -0.508 e. The number of benzene rings is 2. The average Bonchev–Trinajstić information content (AvgIpc) is 2.94. The third-order valence-corrected chi connectivity index (χ3v) is 4.40. The van der Waals surface area contributed by atoms with Gasteiger partial charge in [-0.2, -0.15) is 23.3 Å². The monoisotopic (exact) mass is 428 g/mol. The van der Waals surface area contributed by atoms with E-state index in [1.807, 2.05) is 0 Å². The van der Waals surface area contributed by atoms with Gasteiger partial charge in [0.1, 0.15) is 5.75 Å². The van der Waals surface area contributed by atoms with Crippen molar-refractivity contribution in [2.24, 2.45) is 5.10 Å². The number of amides is 1. The van der Waals surface area contributed by atoms with E-state index in [4.69, 9.17) is 0 Å². The molecular formula is C17H12BrF3N2O3. The largest absolute Gasteiger partial charge is 0.508 e. The Labute approximate surface area is 154 Å². The predicted molar refractivity (Wildman–Crippen MR) is 90.6 cm³/mol. The summed E-state index contributed by atoms with van der Waals surface area (Å²) in [5.41, 5.74) is -3.33. The molecule has 1 amide bonds. The van der Waals surface area contributed by atoms with Crippen LogP contribution in [0.15, 0.2) is 58.1 Å². The first kappa shape index (κ1) is 18.4. The lowest BCUT2D eigenvalue weighted by atomic mass is 10.0. The first-order valence-corrected chi connectivity index (χ1v) is 8.17. The molecule has 0 aliphatic carbocycles. The fourth-order valence-corrected chi connectivity index (χ4v) is 2.93. The number of phenols is 1. The van der Waals surface area contributed by atoms with Crippen molar-refractivity contribution < 1.29 is 28.2 Å². The zero-order chi connectivity index (χ0) is 19.1. The summed E-state index contributed by atoms with van der Waals surface area (Å²) < 4.78 is 41.2. The number of alkyl halides is 3. The van der Waals surface area contributed by atoms with Crippen LogP contribution in [-0.2, 0) is 0 Å². The highest BCUT2D eigenvalue weighted by Crippen LogP contribution is 2.42. The van der Waals surface area contributed by atoms with Crippen LogP contribution in [0.25, 0.3) is 0 Å². The van der Waals surface area contributed by atoms with Crippen molar-refractivity contribution in [3.8, 4) is 5.75 Å². The number of nitrogens with zero attached hydrogens (tertiary/aromatic N) is 2. The van der Waals surface area contributed by atoms with Crippen LogP contribution in [0.2, 0.25) is 0 Å². The molecule has 2 N–H and O–H groups in total. The molecule has 9 heteroatoms. The lowest BCUT2D eigenvalue weighted by Gasteiger charge is -2.32. The van der Waals surface area contributed by atoms with Gasteiger partial charge in [0.25, 0.3) is 11.6 Å². The fraction of sp³-hybridized carbons (Fsp3) is 0.176. The van der Waals surface area contributed by atoms with Gasteiger partial charge < -0.3 is 10.2 Å². The third kappa shape index (κ3) is 3.19. The van der Waals surface area contributed by atoms with Crippen molar-refractivity contribution in [3.63, 3.8) is 0 Å². The van der Waals surface area contributed by atoms with Crippen molar-refractivity contribution in [1.29, 1.82) is 0 Å². The Bertz CT molecular complexity index is 884. The number of hydrogen-bond donors (Lipinski definition) is 2. The van der Waals surface area contributed by atoms with E-state index >= 15 is 0 Å². The fourth-order valence-electron chi connectivity index (χ4n) is 2.53.